The van der Waals surface area contributed by atoms with Crippen LogP contribution in [0.4, 0.5) is 0 Å². The fourth-order valence-electron chi connectivity index (χ4n) is 5.28. The topological polar surface area (TPSA) is 30.0 Å². The van der Waals surface area contributed by atoms with Gasteiger partial charge in [-0.25, -0.2) is 0 Å². The fourth-order valence-corrected chi connectivity index (χ4v) is 5.93. The number of carbonyl (C=O) groups is 1. The third-order valence-electron chi connectivity index (χ3n) is 6.22. The molecule has 2 heterocycles. The van der Waals surface area contributed by atoms with E-state index >= 15 is 0 Å². The number of aryl methyl sites for hydroxylation is 1. The average Bonchev–Trinajstić information content (AvgIpc) is 3.32. The Kier molecular flexibility index (Phi) is 3.04. The van der Waals surface area contributed by atoms with Crippen LogP contribution in [0.25, 0.3) is 17.2 Å². The van der Waals surface area contributed by atoms with E-state index in [4.69, 9.17) is 0 Å². The molecule has 0 radical (unpaired) electrons. The molecule has 2 nitrogen and oxygen atoms in total. The summed E-state index contributed by atoms with van der Waals surface area (Å²) in [5.41, 5.74) is 8.75. The van der Waals surface area contributed by atoms with E-state index in [0.29, 0.717) is 0 Å². The molecule has 0 fully saturated rings. The summed E-state index contributed by atoms with van der Waals surface area (Å²) in [6.45, 7) is 0. The molecule has 0 aliphatic heterocycles. The molecule has 3 heteroatoms. The number of thiophene rings is 1. The lowest BCUT2D eigenvalue weighted by Gasteiger charge is -2.35. The minimum atomic E-state index is -0.759. The van der Waals surface area contributed by atoms with Crippen molar-refractivity contribution in [2.45, 2.75) is 24.7 Å². The lowest BCUT2D eigenvalue weighted by atomic mass is 9.64. The van der Waals surface area contributed by atoms with Crippen LogP contribution in [0.15, 0.2) is 59.4 Å². The molecule has 0 N–H and O–H groups in total. The van der Waals surface area contributed by atoms with Crippen molar-refractivity contribution in [3.63, 3.8) is 0 Å². The highest BCUT2D eigenvalue weighted by Gasteiger charge is 2.54. The van der Waals surface area contributed by atoms with Gasteiger partial charge in [0.25, 0.3) is 0 Å². The quantitative estimate of drug-likeness (QED) is 0.585. The zero-order valence-corrected chi connectivity index (χ0v) is 15.6. The summed E-state index contributed by atoms with van der Waals surface area (Å²) in [5, 5.41) is 4.29. The summed E-state index contributed by atoms with van der Waals surface area (Å²) in [4.78, 5) is 18.3. The molecule has 0 unspecified atom stereocenters. The monoisotopic (exact) mass is 367 g/mol. The van der Waals surface area contributed by atoms with Gasteiger partial charge in [-0.05, 0) is 87.7 Å². The van der Waals surface area contributed by atoms with Crippen LogP contribution < -0.4 is 0 Å². The van der Waals surface area contributed by atoms with Gasteiger partial charge in [0.1, 0.15) is 5.41 Å². The number of ketones is 1. The standard InChI is InChI=1S/C24H17NOS/c26-21-10-9-20-18(8-3-12-25-20)24(21)19-7-2-5-15-4-1-6-17(22(15)19)23(24)16-11-13-27-14-16/h2-3,5,7-14H,1,4,6H2/t24-/m0/s1. The molecule has 130 valence electrons. The highest BCUT2D eigenvalue weighted by molar-refractivity contribution is 7.08. The number of hydrogen-bond donors (Lipinski definition) is 0. The summed E-state index contributed by atoms with van der Waals surface area (Å²) in [7, 11) is 0. The van der Waals surface area contributed by atoms with E-state index in [1.165, 1.54) is 27.8 Å². The van der Waals surface area contributed by atoms with Crippen LogP contribution in [0.3, 0.4) is 0 Å². The van der Waals surface area contributed by atoms with Crippen LogP contribution in [0.1, 0.15) is 46.4 Å². The Hall–Kier alpha value is -2.78. The van der Waals surface area contributed by atoms with Crippen LogP contribution in [-0.2, 0) is 16.6 Å². The molecule has 27 heavy (non-hydrogen) atoms. The van der Waals surface area contributed by atoms with Crippen molar-refractivity contribution in [1.82, 2.24) is 4.98 Å². The number of benzene rings is 1. The van der Waals surface area contributed by atoms with E-state index in [1.807, 2.05) is 18.3 Å². The Labute approximate surface area is 161 Å². The summed E-state index contributed by atoms with van der Waals surface area (Å²) in [6.07, 6.45) is 8.67. The minimum absolute atomic E-state index is 0.152. The first kappa shape index (κ1) is 15.3. The van der Waals surface area contributed by atoms with E-state index in [-0.39, 0.29) is 5.78 Å². The van der Waals surface area contributed by atoms with Gasteiger partial charge in [-0.15, -0.1) is 0 Å². The molecular weight excluding hydrogens is 350 g/mol. The zero-order chi connectivity index (χ0) is 18.0. The average molecular weight is 367 g/mol. The second-order valence-corrected chi connectivity index (χ2v) is 8.22. The minimum Gasteiger partial charge on any atom is -0.293 e. The van der Waals surface area contributed by atoms with Gasteiger partial charge in [-0.1, -0.05) is 24.3 Å². The number of rotatable bonds is 1. The number of nitrogens with zero attached hydrogens (tertiary/aromatic N) is 1. The smallest absolute Gasteiger partial charge is 0.175 e. The molecule has 1 atom stereocenters. The first-order valence-electron chi connectivity index (χ1n) is 9.39. The first-order valence-corrected chi connectivity index (χ1v) is 10.3. The molecule has 1 aromatic carbocycles. The van der Waals surface area contributed by atoms with Crippen molar-refractivity contribution < 1.29 is 4.79 Å². The number of hydrogen-bond acceptors (Lipinski definition) is 3. The van der Waals surface area contributed by atoms with E-state index < -0.39 is 5.41 Å². The van der Waals surface area contributed by atoms with Crippen molar-refractivity contribution in [3.05, 3.63) is 92.9 Å². The van der Waals surface area contributed by atoms with Gasteiger partial charge in [0, 0.05) is 11.8 Å². The normalized spacial score (nSPS) is 22.3. The predicted octanol–water partition coefficient (Wildman–Crippen LogP) is 5.29. The molecule has 3 aliphatic rings. The molecule has 0 saturated heterocycles. The highest BCUT2D eigenvalue weighted by atomic mass is 32.1. The number of fused-ring (bicyclic) bond motifs is 3. The number of carbonyl (C=O) groups excluding carboxylic acids is 1. The first-order chi connectivity index (χ1) is 13.3. The summed E-state index contributed by atoms with van der Waals surface area (Å²) in [5.74, 6) is 0.152. The fraction of sp³-hybridized carbons (Fsp3) is 0.167. The maximum atomic E-state index is 13.7. The molecule has 1 spiro atoms. The van der Waals surface area contributed by atoms with Gasteiger partial charge in [0.05, 0.1) is 5.69 Å². The molecule has 3 aromatic rings. The van der Waals surface area contributed by atoms with Crippen LogP contribution in [0, 0.1) is 0 Å². The van der Waals surface area contributed by atoms with Gasteiger partial charge >= 0.3 is 0 Å². The summed E-state index contributed by atoms with van der Waals surface area (Å²) >= 11 is 1.69. The Morgan fingerprint density at radius 1 is 1.00 bits per heavy atom. The molecular formula is C24H17NOS. The van der Waals surface area contributed by atoms with Gasteiger partial charge in [0.15, 0.2) is 5.78 Å². The Morgan fingerprint density at radius 3 is 2.81 bits per heavy atom. The van der Waals surface area contributed by atoms with E-state index in [2.05, 4.69) is 46.1 Å². The third-order valence-corrected chi connectivity index (χ3v) is 6.90. The van der Waals surface area contributed by atoms with Crippen LogP contribution in [0.5, 0.6) is 0 Å². The van der Waals surface area contributed by atoms with Gasteiger partial charge < -0.3 is 0 Å². The van der Waals surface area contributed by atoms with Gasteiger partial charge in [0.2, 0.25) is 0 Å². The van der Waals surface area contributed by atoms with Crippen LogP contribution in [0.2, 0.25) is 0 Å². The van der Waals surface area contributed by atoms with Crippen LogP contribution >= 0.6 is 11.3 Å². The van der Waals surface area contributed by atoms with Gasteiger partial charge in [-0.2, -0.15) is 11.3 Å². The zero-order valence-electron chi connectivity index (χ0n) is 14.7. The number of pyridine rings is 1. The number of aromatic nitrogens is 1. The molecule has 0 saturated carbocycles. The SMILES string of the molecule is O=C1C=Cc2ncccc2[C@@]12C(c1ccsc1)=C1CCCc3cccc2c31. The molecule has 3 aliphatic carbocycles. The van der Waals surface area contributed by atoms with Crippen LogP contribution in [-0.4, -0.2) is 10.8 Å². The Bertz CT molecular complexity index is 1170. The van der Waals surface area contributed by atoms with Gasteiger partial charge in [-0.3, -0.25) is 9.78 Å². The molecule has 2 aromatic heterocycles. The van der Waals surface area contributed by atoms with Crippen molar-refractivity contribution in [2.24, 2.45) is 0 Å². The second-order valence-electron chi connectivity index (χ2n) is 7.44. The van der Waals surface area contributed by atoms with Crippen molar-refractivity contribution in [2.75, 3.05) is 0 Å². The second kappa shape index (κ2) is 5.37. The number of allylic oxidation sites excluding steroid dienone is 3. The third kappa shape index (κ3) is 1.80. The highest BCUT2D eigenvalue weighted by Crippen LogP contribution is 2.60. The Morgan fingerprint density at radius 2 is 1.93 bits per heavy atom. The largest absolute Gasteiger partial charge is 0.293 e. The Balaban J connectivity index is 1.82. The lowest BCUT2D eigenvalue weighted by Crippen LogP contribution is -2.38. The van der Waals surface area contributed by atoms with E-state index in [1.54, 1.807) is 17.4 Å². The molecule has 0 bridgehead atoms. The molecule has 0 amide bonds. The maximum absolute atomic E-state index is 13.7. The van der Waals surface area contributed by atoms with Crippen molar-refractivity contribution >= 4 is 34.3 Å². The lowest BCUT2D eigenvalue weighted by molar-refractivity contribution is -0.116. The summed E-state index contributed by atoms with van der Waals surface area (Å²) in [6, 6.07) is 12.7. The van der Waals surface area contributed by atoms with E-state index in [0.717, 1.165) is 36.1 Å². The maximum Gasteiger partial charge on any atom is 0.175 e. The summed E-state index contributed by atoms with van der Waals surface area (Å²) < 4.78 is 0. The van der Waals surface area contributed by atoms with Crippen molar-refractivity contribution in [3.8, 4) is 0 Å². The van der Waals surface area contributed by atoms with Crippen molar-refractivity contribution in [1.29, 1.82) is 0 Å². The predicted molar refractivity (Wildman–Crippen MR) is 110 cm³/mol. The molecule has 6 rings (SSSR count). The van der Waals surface area contributed by atoms with E-state index in [9.17, 15) is 4.79 Å².